The zero-order valence-corrected chi connectivity index (χ0v) is 18.1. The molecule has 2 atom stereocenters. The zero-order valence-electron chi connectivity index (χ0n) is 18.1. The molecule has 2 amide bonds. The lowest BCUT2D eigenvalue weighted by Crippen LogP contribution is -2.47. The molecule has 2 heterocycles. The van der Waals surface area contributed by atoms with Crippen LogP contribution < -0.4 is 4.74 Å². The van der Waals surface area contributed by atoms with Crippen LogP contribution in [0, 0.1) is 0 Å². The molecular weight excluding hydrogens is 402 g/mol. The van der Waals surface area contributed by atoms with E-state index in [9.17, 15) is 9.59 Å². The van der Waals surface area contributed by atoms with E-state index < -0.39 is 6.04 Å². The lowest BCUT2D eigenvalue weighted by Gasteiger charge is -2.30. The smallest absolute Gasteiger partial charge is 0.262 e. The minimum absolute atomic E-state index is 0.0556. The van der Waals surface area contributed by atoms with Gasteiger partial charge in [-0.2, -0.15) is 0 Å². The van der Waals surface area contributed by atoms with Gasteiger partial charge in [0.05, 0.1) is 0 Å². The molecule has 1 fully saturated rings. The van der Waals surface area contributed by atoms with Crippen LogP contribution in [0.1, 0.15) is 17.5 Å². The van der Waals surface area contributed by atoms with E-state index in [1.165, 1.54) is 5.56 Å². The first-order valence-electron chi connectivity index (χ1n) is 10.8. The van der Waals surface area contributed by atoms with Crippen LogP contribution in [0.2, 0.25) is 0 Å². The summed E-state index contributed by atoms with van der Waals surface area (Å²) in [7, 11) is 1.78. The quantitative estimate of drug-likeness (QED) is 0.551. The van der Waals surface area contributed by atoms with Crippen molar-refractivity contribution < 1.29 is 14.3 Å². The van der Waals surface area contributed by atoms with Gasteiger partial charge in [-0.05, 0) is 42.2 Å². The van der Waals surface area contributed by atoms with Gasteiger partial charge in [0, 0.05) is 25.9 Å². The number of carbonyl (C=O) groups excluding carboxylic acids is 2. The molecule has 164 valence electrons. The average molecular weight is 430 g/mol. The molecule has 6 nitrogen and oxygen atoms in total. The van der Waals surface area contributed by atoms with Crippen molar-refractivity contribution in [3.8, 4) is 5.75 Å². The Labute approximate surface area is 188 Å². The Hall–Kier alpha value is -3.67. The third-order valence-electron chi connectivity index (χ3n) is 5.82. The number of amides is 2. The molecule has 1 unspecified atom stereocenters. The molecule has 0 bridgehead atoms. The Bertz CT molecular complexity index is 1030. The lowest BCUT2D eigenvalue weighted by atomic mass is 10.1. The number of aryl methyl sites for hydroxylation is 1. The SMILES string of the molecule is CN1C(=O)[C@@H](Cc2cccnc2)N(C(=O)COc2ccccc2)C1CCc1ccccc1. The second-order valence-electron chi connectivity index (χ2n) is 7.94. The molecule has 0 N–H and O–H groups in total. The minimum Gasteiger partial charge on any atom is -0.484 e. The molecule has 3 aromatic rings. The third-order valence-corrected chi connectivity index (χ3v) is 5.82. The highest BCUT2D eigenvalue weighted by molar-refractivity contribution is 5.92. The fraction of sp³-hybridized carbons (Fsp3) is 0.269. The van der Waals surface area contributed by atoms with E-state index >= 15 is 0 Å². The van der Waals surface area contributed by atoms with Crippen LogP contribution in [0.5, 0.6) is 5.75 Å². The number of pyridine rings is 1. The first-order valence-corrected chi connectivity index (χ1v) is 10.8. The molecule has 0 saturated carbocycles. The Morgan fingerprint density at radius 1 is 0.969 bits per heavy atom. The largest absolute Gasteiger partial charge is 0.484 e. The second-order valence-corrected chi connectivity index (χ2v) is 7.94. The fourth-order valence-corrected chi connectivity index (χ4v) is 4.17. The predicted molar refractivity (Wildman–Crippen MR) is 122 cm³/mol. The number of ether oxygens (including phenoxy) is 1. The number of likely N-dealkylation sites (N-methyl/N-ethyl adjacent to an activating group) is 1. The van der Waals surface area contributed by atoms with Gasteiger partial charge in [0.25, 0.3) is 5.91 Å². The van der Waals surface area contributed by atoms with Crippen LogP contribution in [0.3, 0.4) is 0 Å². The van der Waals surface area contributed by atoms with Crippen LogP contribution in [0.15, 0.2) is 85.2 Å². The summed E-state index contributed by atoms with van der Waals surface area (Å²) in [5.41, 5.74) is 2.10. The van der Waals surface area contributed by atoms with Gasteiger partial charge in [0.15, 0.2) is 6.61 Å². The van der Waals surface area contributed by atoms with E-state index in [1.54, 1.807) is 29.2 Å². The summed E-state index contributed by atoms with van der Waals surface area (Å²) < 4.78 is 5.73. The van der Waals surface area contributed by atoms with E-state index in [-0.39, 0.29) is 24.6 Å². The lowest BCUT2D eigenvalue weighted by molar-refractivity contribution is -0.138. The van der Waals surface area contributed by atoms with Gasteiger partial charge in [0.1, 0.15) is 18.0 Å². The maximum atomic E-state index is 13.3. The van der Waals surface area contributed by atoms with Gasteiger partial charge in [0.2, 0.25) is 5.91 Å². The van der Waals surface area contributed by atoms with Crippen molar-refractivity contribution >= 4 is 11.8 Å². The van der Waals surface area contributed by atoms with Crippen LogP contribution in [0.25, 0.3) is 0 Å². The number of carbonyl (C=O) groups is 2. The number of para-hydroxylation sites is 1. The summed E-state index contributed by atoms with van der Waals surface area (Å²) in [5, 5.41) is 0. The van der Waals surface area contributed by atoms with Crippen LogP contribution in [0.4, 0.5) is 0 Å². The molecule has 1 saturated heterocycles. The summed E-state index contributed by atoms with van der Waals surface area (Å²) in [5.74, 6) is 0.378. The molecule has 1 aliphatic heterocycles. The number of benzene rings is 2. The molecule has 1 aliphatic rings. The number of aromatic nitrogens is 1. The first kappa shape index (κ1) is 21.6. The molecule has 2 aromatic carbocycles. The molecule has 0 spiro atoms. The molecule has 0 aliphatic carbocycles. The van der Waals surface area contributed by atoms with E-state index in [4.69, 9.17) is 4.74 Å². The molecule has 0 radical (unpaired) electrons. The molecular formula is C26H27N3O3. The molecule has 4 rings (SSSR count). The summed E-state index contributed by atoms with van der Waals surface area (Å²) in [6, 6.07) is 22.6. The van der Waals surface area contributed by atoms with Gasteiger partial charge in [-0.25, -0.2) is 0 Å². The van der Waals surface area contributed by atoms with Gasteiger partial charge in [-0.15, -0.1) is 0 Å². The van der Waals surface area contributed by atoms with Gasteiger partial charge >= 0.3 is 0 Å². The van der Waals surface area contributed by atoms with Crippen molar-refractivity contribution in [1.29, 1.82) is 0 Å². The summed E-state index contributed by atoms with van der Waals surface area (Å²) in [6.45, 7) is -0.115. The highest BCUT2D eigenvalue weighted by atomic mass is 16.5. The monoisotopic (exact) mass is 429 g/mol. The average Bonchev–Trinajstić information content (AvgIpc) is 3.07. The fourth-order valence-electron chi connectivity index (χ4n) is 4.17. The molecule has 1 aromatic heterocycles. The third kappa shape index (κ3) is 4.97. The van der Waals surface area contributed by atoms with E-state index in [0.29, 0.717) is 18.6 Å². The Kier molecular flexibility index (Phi) is 6.80. The molecule has 6 heteroatoms. The van der Waals surface area contributed by atoms with Crippen LogP contribution in [-0.2, 0) is 22.4 Å². The Balaban J connectivity index is 1.54. The maximum Gasteiger partial charge on any atom is 0.262 e. The standard InChI is InChI=1S/C26H27N3O3/c1-28-24(15-14-20-9-4-2-5-10-20)29(25(30)19-32-22-12-6-3-7-13-22)23(26(28)31)17-21-11-8-16-27-18-21/h2-13,16,18,23-24H,14-15,17,19H2,1H3/t23-,24?/m1/s1. The normalized spacial score (nSPS) is 18.1. The van der Waals surface area contributed by atoms with Gasteiger partial charge in [-0.1, -0.05) is 54.6 Å². The number of hydrogen-bond acceptors (Lipinski definition) is 4. The van der Waals surface area contributed by atoms with Gasteiger partial charge in [-0.3, -0.25) is 14.6 Å². The first-order chi connectivity index (χ1) is 15.6. The maximum absolute atomic E-state index is 13.3. The van der Waals surface area contributed by atoms with Crippen molar-refractivity contribution in [3.63, 3.8) is 0 Å². The number of nitrogens with zero attached hydrogens (tertiary/aromatic N) is 3. The van der Waals surface area contributed by atoms with E-state index in [2.05, 4.69) is 17.1 Å². The van der Waals surface area contributed by atoms with Crippen LogP contribution in [-0.4, -0.2) is 52.5 Å². The van der Waals surface area contributed by atoms with Crippen LogP contribution >= 0.6 is 0 Å². The summed E-state index contributed by atoms with van der Waals surface area (Å²) >= 11 is 0. The van der Waals surface area contributed by atoms with E-state index in [1.807, 2.05) is 60.7 Å². The predicted octanol–water partition coefficient (Wildman–Crippen LogP) is 3.33. The highest BCUT2D eigenvalue weighted by Gasteiger charge is 2.46. The number of rotatable bonds is 8. The van der Waals surface area contributed by atoms with Crippen molar-refractivity contribution in [3.05, 3.63) is 96.3 Å². The van der Waals surface area contributed by atoms with Crippen molar-refractivity contribution in [2.24, 2.45) is 0 Å². The van der Waals surface area contributed by atoms with Crippen molar-refractivity contribution in [2.75, 3.05) is 13.7 Å². The number of hydrogen-bond donors (Lipinski definition) is 0. The topological polar surface area (TPSA) is 62.7 Å². The Morgan fingerprint density at radius 2 is 1.66 bits per heavy atom. The Morgan fingerprint density at radius 3 is 2.34 bits per heavy atom. The second kappa shape index (κ2) is 10.1. The molecule has 32 heavy (non-hydrogen) atoms. The van der Waals surface area contributed by atoms with Gasteiger partial charge < -0.3 is 14.5 Å². The summed E-state index contributed by atoms with van der Waals surface area (Å²) in [6.07, 6.45) is 4.98. The van der Waals surface area contributed by atoms with E-state index in [0.717, 1.165) is 12.0 Å². The zero-order chi connectivity index (χ0) is 22.3. The van der Waals surface area contributed by atoms with Crippen molar-refractivity contribution in [2.45, 2.75) is 31.5 Å². The highest BCUT2D eigenvalue weighted by Crippen LogP contribution is 2.27. The summed E-state index contributed by atoms with van der Waals surface area (Å²) in [4.78, 5) is 34.1. The van der Waals surface area contributed by atoms with Crippen molar-refractivity contribution in [1.82, 2.24) is 14.8 Å². The minimum atomic E-state index is -0.572.